The van der Waals surface area contributed by atoms with Gasteiger partial charge in [0.05, 0.1) is 24.1 Å². The fourth-order valence-corrected chi connectivity index (χ4v) is 1.59. The molecule has 1 aromatic rings. The third kappa shape index (κ3) is 2.41. The maximum absolute atomic E-state index is 9.07. The van der Waals surface area contributed by atoms with Gasteiger partial charge in [-0.1, -0.05) is 26.8 Å². The van der Waals surface area contributed by atoms with Gasteiger partial charge >= 0.3 is 0 Å². The van der Waals surface area contributed by atoms with Crippen LogP contribution >= 0.6 is 0 Å². The van der Waals surface area contributed by atoms with E-state index in [0.717, 1.165) is 16.7 Å². The van der Waals surface area contributed by atoms with Gasteiger partial charge in [-0.2, -0.15) is 10.5 Å². The van der Waals surface area contributed by atoms with Crippen molar-refractivity contribution in [3.05, 3.63) is 34.4 Å². The molecule has 0 N–H and O–H groups in total. The second kappa shape index (κ2) is 4.37. The lowest BCUT2D eigenvalue weighted by molar-refractivity contribution is 0.589. The van der Waals surface area contributed by atoms with Gasteiger partial charge in [0, 0.05) is 0 Å². The Balaban J connectivity index is 3.43. The fraction of sp³-hybridized carbons (Fsp3) is 0.429. The molecular formula is C14H16N2. The third-order valence-electron chi connectivity index (χ3n) is 2.77. The van der Waals surface area contributed by atoms with Crippen molar-refractivity contribution in [3.63, 3.8) is 0 Å². The van der Waals surface area contributed by atoms with E-state index >= 15 is 0 Å². The first-order valence-corrected chi connectivity index (χ1v) is 5.31. The van der Waals surface area contributed by atoms with Crippen molar-refractivity contribution in [1.82, 2.24) is 0 Å². The first kappa shape index (κ1) is 12.3. The molecule has 0 atom stereocenters. The molecule has 0 saturated carbocycles. The van der Waals surface area contributed by atoms with Crippen molar-refractivity contribution >= 4 is 0 Å². The smallest absolute Gasteiger partial charge is 0.0994 e. The summed E-state index contributed by atoms with van der Waals surface area (Å²) in [5.74, 6) is 0. The number of nitriles is 2. The summed E-state index contributed by atoms with van der Waals surface area (Å²) >= 11 is 0. The molecule has 82 valence electrons. The second-order valence-electron chi connectivity index (χ2n) is 5.00. The standard InChI is InChI=1S/C14H16N2/c1-10-11(5-6-15)7-13(14(2,3)4)8-12(10)9-16/h7-8H,5H2,1-4H3. The maximum atomic E-state index is 9.07. The molecule has 0 fully saturated rings. The van der Waals surface area contributed by atoms with E-state index < -0.39 is 0 Å². The largest absolute Gasteiger partial charge is 0.198 e. The van der Waals surface area contributed by atoms with Crippen LogP contribution in [0.2, 0.25) is 0 Å². The molecule has 0 bridgehead atoms. The van der Waals surface area contributed by atoms with E-state index in [0.29, 0.717) is 12.0 Å². The fourth-order valence-electron chi connectivity index (χ4n) is 1.59. The number of hydrogen-bond acceptors (Lipinski definition) is 2. The molecule has 0 unspecified atom stereocenters. The minimum Gasteiger partial charge on any atom is -0.198 e. The number of hydrogen-bond donors (Lipinski definition) is 0. The maximum Gasteiger partial charge on any atom is 0.0994 e. The molecule has 0 aliphatic heterocycles. The Bertz CT molecular complexity index is 479. The zero-order valence-corrected chi connectivity index (χ0v) is 10.3. The van der Waals surface area contributed by atoms with Crippen molar-refractivity contribution in [2.75, 3.05) is 0 Å². The zero-order chi connectivity index (χ0) is 12.3. The monoisotopic (exact) mass is 212 g/mol. The highest BCUT2D eigenvalue weighted by molar-refractivity contribution is 5.47. The lowest BCUT2D eigenvalue weighted by atomic mass is 9.83. The highest BCUT2D eigenvalue weighted by Gasteiger charge is 2.17. The molecular weight excluding hydrogens is 196 g/mol. The van der Waals surface area contributed by atoms with E-state index in [1.54, 1.807) is 0 Å². The van der Waals surface area contributed by atoms with Crippen LogP contribution in [0.1, 0.15) is 43.0 Å². The molecule has 1 rings (SSSR count). The minimum absolute atomic E-state index is 0.00348. The quantitative estimate of drug-likeness (QED) is 0.717. The van der Waals surface area contributed by atoms with Crippen molar-refractivity contribution < 1.29 is 0 Å². The van der Waals surface area contributed by atoms with E-state index in [4.69, 9.17) is 10.5 Å². The molecule has 2 heteroatoms. The summed E-state index contributed by atoms with van der Waals surface area (Å²) in [6, 6.07) is 8.31. The van der Waals surface area contributed by atoms with Gasteiger partial charge in [0.2, 0.25) is 0 Å². The van der Waals surface area contributed by atoms with Gasteiger partial charge < -0.3 is 0 Å². The summed E-state index contributed by atoms with van der Waals surface area (Å²) in [7, 11) is 0. The Labute approximate surface area is 97.1 Å². The molecule has 0 heterocycles. The first-order chi connectivity index (χ1) is 7.40. The Morgan fingerprint density at radius 2 is 1.81 bits per heavy atom. The van der Waals surface area contributed by atoms with Gasteiger partial charge in [0.1, 0.15) is 0 Å². The van der Waals surface area contributed by atoms with Crippen LogP contribution in [0.15, 0.2) is 12.1 Å². The van der Waals surface area contributed by atoms with Crippen LogP contribution in [-0.4, -0.2) is 0 Å². The van der Waals surface area contributed by atoms with Gasteiger partial charge in [-0.25, -0.2) is 0 Å². The Hall–Kier alpha value is -1.80. The second-order valence-corrected chi connectivity index (χ2v) is 5.00. The average molecular weight is 212 g/mol. The summed E-state index contributed by atoms with van der Waals surface area (Å²) in [5, 5.41) is 17.8. The van der Waals surface area contributed by atoms with E-state index in [1.807, 2.05) is 19.1 Å². The average Bonchev–Trinajstić information content (AvgIpc) is 2.19. The topological polar surface area (TPSA) is 47.6 Å². The third-order valence-corrected chi connectivity index (χ3v) is 2.77. The number of benzene rings is 1. The van der Waals surface area contributed by atoms with E-state index in [1.165, 1.54) is 0 Å². The lowest BCUT2D eigenvalue weighted by Gasteiger charge is -2.21. The molecule has 1 aromatic carbocycles. The summed E-state index contributed by atoms with van der Waals surface area (Å²) in [6.07, 6.45) is 0.366. The molecule has 0 amide bonds. The minimum atomic E-state index is 0.00348. The Morgan fingerprint density at radius 3 is 2.25 bits per heavy atom. The van der Waals surface area contributed by atoms with Crippen molar-refractivity contribution in [2.24, 2.45) is 0 Å². The van der Waals surface area contributed by atoms with Crippen LogP contribution in [0.25, 0.3) is 0 Å². The van der Waals surface area contributed by atoms with Crippen LogP contribution in [0.5, 0.6) is 0 Å². The predicted molar refractivity (Wildman–Crippen MR) is 63.9 cm³/mol. The van der Waals surface area contributed by atoms with E-state index in [-0.39, 0.29) is 5.41 Å². The van der Waals surface area contributed by atoms with Gasteiger partial charge in [0.25, 0.3) is 0 Å². The number of rotatable bonds is 1. The summed E-state index contributed by atoms with van der Waals surface area (Å²) in [4.78, 5) is 0. The molecule has 0 aliphatic rings. The number of nitrogens with zero attached hydrogens (tertiary/aromatic N) is 2. The summed E-state index contributed by atoms with van der Waals surface area (Å²) < 4.78 is 0. The predicted octanol–water partition coefficient (Wildman–Crippen LogP) is 3.23. The Morgan fingerprint density at radius 1 is 1.19 bits per heavy atom. The van der Waals surface area contributed by atoms with Crippen molar-refractivity contribution in [1.29, 1.82) is 10.5 Å². The summed E-state index contributed by atoms with van der Waals surface area (Å²) in [6.45, 7) is 8.22. The van der Waals surface area contributed by atoms with Crippen LogP contribution in [0.3, 0.4) is 0 Å². The summed E-state index contributed by atoms with van der Waals surface area (Å²) in [5.41, 5.74) is 3.69. The van der Waals surface area contributed by atoms with Crippen LogP contribution < -0.4 is 0 Å². The SMILES string of the molecule is Cc1c(C#N)cc(C(C)(C)C)cc1CC#N. The van der Waals surface area contributed by atoms with Gasteiger partial charge in [-0.3, -0.25) is 0 Å². The van der Waals surface area contributed by atoms with Crippen LogP contribution in [0.4, 0.5) is 0 Å². The van der Waals surface area contributed by atoms with Gasteiger partial charge in [0.15, 0.2) is 0 Å². The molecule has 2 nitrogen and oxygen atoms in total. The van der Waals surface area contributed by atoms with Crippen molar-refractivity contribution in [2.45, 2.75) is 39.5 Å². The normalized spacial score (nSPS) is 10.6. The highest BCUT2D eigenvalue weighted by Crippen LogP contribution is 2.27. The van der Waals surface area contributed by atoms with Gasteiger partial charge in [-0.05, 0) is 35.1 Å². The Kier molecular flexibility index (Phi) is 3.35. The van der Waals surface area contributed by atoms with Crippen LogP contribution in [-0.2, 0) is 11.8 Å². The molecule has 16 heavy (non-hydrogen) atoms. The van der Waals surface area contributed by atoms with Crippen molar-refractivity contribution in [3.8, 4) is 12.1 Å². The van der Waals surface area contributed by atoms with Gasteiger partial charge in [-0.15, -0.1) is 0 Å². The molecule has 0 radical (unpaired) electrons. The molecule has 0 saturated heterocycles. The first-order valence-electron chi connectivity index (χ1n) is 5.31. The molecule has 0 aromatic heterocycles. The lowest BCUT2D eigenvalue weighted by Crippen LogP contribution is -2.12. The van der Waals surface area contributed by atoms with E-state index in [9.17, 15) is 0 Å². The molecule has 0 aliphatic carbocycles. The van der Waals surface area contributed by atoms with Crippen LogP contribution in [0, 0.1) is 29.6 Å². The highest BCUT2D eigenvalue weighted by atomic mass is 14.3. The van der Waals surface area contributed by atoms with E-state index in [2.05, 4.69) is 32.9 Å². The molecule has 0 spiro atoms. The zero-order valence-electron chi connectivity index (χ0n) is 10.3.